The highest BCUT2D eigenvalue weighted by molar-refractivity contribution is 5.92. The molecule has 6 heteroatoms. The summed E-state index contributed by atoms with van der Waals surface area (Å²) in [6, 6.07) is 2.46. The van der Waals surface area contributed by atoms with Crippen LogP contribution >= 0.6 is 0 Å². The van der Waals surface area contributed by atoms with E-state index in [0.717, 1.165) is 0 Å². The SMILES string of the molecule is CCC(C(=O)O)N(C)c1ccc(C(N)=O)cn1. The Balaban J connectivity index is 2.92. The van der Waals surface area contributed by atoms with Crippen LogP contribution in [0.15, 0.2) is 18.3 Å². The van der Waals surface area contributed by atoms with Crippen LogP contribution in [-0.4, -0.2) is 35.1 Å². The summed E-state index contributed by atoms with van der Waals surface area (Å²) < 4.78 is 0. The summed E-state index contributed by atoms with van der Waals surface area (Å²) >= 11 is 0. The standard InChI is InChI=1S/C11H15N3O3/c1-3-8(11(16)17)14(2)9-5-4-7(6-13-9)10(12)15/h4-6,8H,3H2,1-2H3,(H2,12,15)(H,16,17). The number of carbonyl (C=O) groups excluding carboxylic acids is 1. The second-order valence-corrected chi connectivity index (χ2v) is 3.64. The van der Waals surface area contributed by atoms with Gasteiger partial charge >= 0.3 is 5.97 Å². The average Bonchev–Trinajstić information content (AvgIpc) is 2.29. The molecule has 1 aromatic rings. The minimum Gasteiger partial charge on any atom is -0.480 e. The number of hydrogen-bond acceptors (Lipinski definition) is 4. The number of anilines is 1. The Morgan fingerprint density at radius 1 is 1.53 bits per heavy atom. The number of primary amides is 1. The van der Waals surface area contributed by atoms with Crippen LogP contribution in [0.3, 0.4) is 0 Å². The average molecular weight is 237 g/mol. The van der Waals surface area contributed by atoms with Gasteiger partial charge in [-0.15, -0.1) is 0 Å². The second-order valence-electron chi connectivity index (χ2n) is 3.64. The molecule has 1 amide bonds. The van der Waals surface area contributed by atoms with Gasteiger partial charge in [0.05, 0.1) is 5.56 Å². The quantitative estimate of drug-likeness (QED) is 0.776. The first-order valence-corrected chi connectivity index (χ1v) is 5.18. The molecule has 0 aliphatic heterocycles. The molecule has 0 spiro atoms. The monoisotopic (exact) mass is 237 g/mol. The van der Waals surface area contributed by atoms with Crippen LogP contribution in [0.4, 0.5) is 5.82 Å². The van der Waals surface area contributed by atoms with Gasteiger partial charge in [-0.05, 0) is 18.6 Å². The fourth-order valence-corrected chi connectivity index (χ4v) is 1.51. The van der Waals surface area contributed by atoms with Gasteiger partial charge in [0.15, 0.2) is 0 Å². The van der Waals surface area contributed by atoms with Crippen molar-refractivity contribution in [1.82, 2.24) is 4.98 Å². The Bertz CT molecular complexity index is 416. The van der Waals surface area contributed by atoms with Gasteiger partial charge in [-0.25, -0.2) is 9.78 Å². The molecule has 0 aliphatic carbocycles. The van der Waals surface area contributed by atoms with Gasteiger partial charge in [0.25, 0.3) is 0 Å². The molecule has 17 heavy (non-hydrogen) atoms. The molecule has 0 bridgehead atoms. The maximum Gasteiger partial charge on any atom is 0.326 e. The van der Waals surface area contributed by atoms with Gasteiger partial charge in [0, 0.05) is 13.2 Å². The summed E-state index contributed by atoms with van der Waals surface area (Å²) in [4.78, 5) is 27.4. The van der Waals surface area contributed by atoms with E-state index in [0.29, 0.717) is 17.8 Å². The Hall–Kier alpha value is -2.11. The van der Waals surface area contributed by atoms with E-state index >= 15 is 0 Å². The number of carboxylic acid groups (broad SMARTS) is 1. The number of nitrogens with two attached hydrogens (primary N) is 1. The minimum absolute atomic E-state index is 0.297. The normalized spacial score (nSPS) is 11.9. The second kappa shape index (κ2) is 5.29. The fraction of sp³-hybridized carbons (Fsp3) is 0.364. The first kappa shape index (κ1) is 13.0. The summed E-state index contributed by atoms with van der Waals surface area (Å²) in [7, 11) is 1.65. The van der Waals surface area contributed by atoms with Crippen LogP contribution in [0.1, 0.15) is 23.7 Å². The van der Waals surface area contributed by atoms with Crippen molar-refractivity contribution in [2.75, 3.05) is 11.9 Å². The number of carboxylic acids is 1. The summed E-state index contributed by atoms with van der Waals surface area (Å²) in [6.45, 7) is 1.78. The van der Waals surface area contributed by atoms with E-state index in [2.05, 4.69) is 4.98 Å². The zero-order chi connectivity index (χ0) is 13.0. The highest BCUT2D eigenvalue weighted by Gasteiger charge is 2.21. The zero-order valence-electron chi connectivity index (χ0n) is 9.75. The van der Waals surface area contributed by atoms with Crippen molar-refractivity contribution in [1.29, 1.82) is 0 Å². The number of amides is 1. The van der Waals surface area contributed by atoms with Gasteiger partial charge < -0.3 is 15.7 Å². The van der Waals surface area contributed by atoms with Crippen molar-refractivity contribution in [3.05, 3.63) is 23.9 Å². The van der Waals surface area contributed by atoms with Crippen LogP contribution in [0.5, 0.6) is 0 Å². The molecule has 1 rings (SSSR count). The molecule has 0 saturated carbocycles. The lowest BCUT2D eigenvalue weighted by Gasteiger charge is -2.24. The Kier molecular flexibility index (Phi) is 4.03. The van der Waals surface area contributed by atoms with Crippen LogP contribution < -0.4 is 10.6 Å². The summed E-state index contributed by atoms with van der Waals surface area (Å²) in [5.74, 6) is -0.975. The van der Waals surface area contributed by atoms with Gasteiger partial charge in [-0.2, -0.15) is 0 Å². The van der Waals surface area contributed by atoms with Crippen LogP contribution in [-0.2, 0) is 4.79 Å². The number of aromatic nitrogens is 1. The van der Waals surface area contributed by atoms with Crippen molar-refractivity contribution >= 4 is 17.7 Å². The minimum atomic E-state index is -0.907. The van der Waals surface area contributed by atoms with E-state index < -0.39 is 17.9 Å². The third-order valence-corrected chi connectivity index (χ3v) is 2.53. The number of hydrogen-bond donors (Lipinski definition) is 2. The summed E-state index contributed by atoms with van der Waals surface area (Å²) in [5, 5.41) is 9.00. The van der Waals surface area contributed by atoms with Crippen molar-refractivity contribution in [2.24, 2.45) is 5.73 Å². The molecule has 1 atom stereocenters. The molecule has 92 valence electrons. The van der Waals surface area contributed by atoms with Gasteiger partial charge in [0.1, 0.15) is 11.9 Å². The van der Waals surface area contributed by atoms with Crippen molar-refractivity contribution in [2.45, 2.75) is 19.4 Å². The smallest absolute Gasteiger partial charge is 0.326 e. The molecule has 3 N–H and O–H groups in total. The lowest BCUT2D eigenvalue weighted by atomic mass is 10.2. The third kappa shape index (κ3) is 2.93. The van der Waals surface area contributed by atoms with E-state index in [-0.39, 0.29) is 0 Å². The molecule has 0 fully saturated rings. The number of carbonyl (C=O) groups is 2. The number of likely N-dealkylation sites (N-methyl/N-ethyl adjacent to an activating group) is 1. The topological polar surface area (TPSA) is 96.5 Å². The van der Waals surface area contributed by atoms with Gasteiger partial charge in [-0.3, -0.25) is 4.79 Å². The number of nitrogens with zero attached hydrogens (tertiary/aromatic N) is 2. The first-order chi connectivity index (χ1) is 7.97. The van der Waals surface area contributed by atoms with Crippen LogP contribution in [0.2, 0.25) is 0 Å². The van der Waals surface area contributed by atoms with Gasteiger partial charge in [0.2, 0.25) is 5.91 Å². The lowest BCUT2D eigenvalue weighted by molar-refractivity contribution is -0.138. The predicted octanol–water partition coefficient (Wildman–Crippen LogP) is 0.480. The van der Waals surface area contributed by atoms with Crippen molar-refractivity contribution < 1.29 is 14.7 Å². The van der Waals surface area contributed by atoms with E-state index in [4.69, 9.17) is 10.8 Å². The summed E-state index contributed by atoms with van der Waals surface area (Å²) in [5.41, 5.74) is 5.38. The first-order valence-electron chi connectivity index (χ1n) is 5.18. The van der Waals surface area contributed by atoms with E-state index in [1.807, 2.05) is 0 Å². The molecular formula is C11H15N3O3. The zero-order valence-corrected chi connectivity index (χ0v) is 9.75. The van der Waals surface area contributed by atoms with E-state index in [1.165, 1.54) is 12.3 Å². The Morgan fingerprint density at radius 3 is 2.53 bits per heavy atom. The fourth-order valence-electron chi connectivity index (χ4n) is 1.51. The lowest BCUT2D eigenvalue weighted by Crippen LogP contribution is -2.38. The molecule has 1 heterocycles. The summed E-state index contributed by atoms with van der Waals surface area (Å²) in [6.07, 6.45) is 1.80. The van der Waals surface area contributed by atoms with E-state index in [9.17, 15) is 9.59 Å². The molecule has 0 saturated heterocycles. The molecule has 0 radical (unpaired) electrons. The van der Waals surface area contributed by atoms with Crippen molar-refractivity contribution in [3.8, 4) is 0 Å². The molecule has 0 aliphatic rings. The van der Waals surface area contributed by atoms with E-state index in [1.54, 1.807) is 24.9 Å². The maximum atomic E-state index is 11.0. The van der Waals surface area contributed by atoms with Crippen LogP contribution in [0, 0.1) is 0 Å². The molecule has 1 unspecified atom stereocenters. The Labute approximate surface area is 99.1 Å². The van der Waals surface area contributed by atoms with Crippen molar-refractivity contribution in [3.63, 3.8) is 0 Å². The van der Waals surface area contributed by atoms with Crippen LogP contribution in [0.25, 0.3) is 0 Å². The maximum absolute atomic E-state index is 11.0. The number of rotatable bonds is 5. The molecule has 0 aromatic carbocycles. The predicted molar refractivity (Wildman–Crippen MR) is 62.9 cm³/mol. The largest absolute Gasteiger partial charge is 0.480 e. The highest BCUT2D eigenvalue weighted by Crippen LogP contribution is 2.14. The third-order valence-electron chi connectivity index (χ3n) is 2.53. The molecule has 6 nitrogen and oxygen atoms in total. The number of pyridine rings is 1. The molecular weight excluding hydrogens is 222 g/mol. The molecule has 1 aromatic heterocycles. The highest BCUT2D eigenvalue weighted by atomic mass is 16.4. The number of aliphatic carboxylic acids is 1. The Morgan fingerprint density at radius 2 is 2.18 bits per heavy atom. The van der Waals surface area contributed by atoms with Gasteiger partial charge in [-0.1, -0.05) is 6.92 Å².